The molecule has 3 rings (SSSR count). The van der Waals surface area contributed by atoms with E-state index in [0.717, 1.165) is 50.1 Å². The summed E-state index contributed by atoms with van der Waals surface area (Å²) in [4.78, 5) is 15.8. The summed E-state index contributed by atoms with van der Waals surface area (Å²) in [6, 6.07) is 8.18. The van der Waals surface area contributed by atoms with Crippen LogP contribution in [0.25, 0.3) is 0 Å². The number of aromatic nitrogens is 2. The van der Waals surface area contributed by atoms with Gasteiger partial charge in [0.05, 0.1) is 18.8 Å². The molecule has 2 aromatic rings. The van der Waals surface area contributed by atoms with Crippen LogP contribution in [0.1, 0.15) is 59.6 Å². The molecule has 0 saturated carbocycles. The van der Waals surface area contributed by atoms with Crippen LogP contribution in [-0.4, -0.2) is 34.0 Å². The lowest BCUT2D eigenvalue weighted by Gasteiger charge is -2.30. The Kier molecular flexibility index (Phi) is 5.45. The van der Waals surface area contributed by atoms with E-state index in [9.17, 15) is 4.79 Å². The molecule has 5 nitrogen and oxygen atoms in total. The first-order chi connectivity index (χ1) is 11.7. The summed E-state index contributed by atoms with van der Waals surface area (Å²) in [5, 5.41) is 4.10. The van der Waals surface area contributed by atoms with Gasteiger partial charge < -0.3 is 9.64 Å². The van der Waals surface area contributed by atoms with Gasteiger partial charge in [-0.05, 0) is 48.5 Å². The maximum atomic E-state index is 13.1. The lowest BCUT2D eigenvalue weighted by Crippen LogP contribution is -2.34. The van der Waals surface area contributed by atoms with Crippen molar-refractivity contribution in [1.29, 1.82) is 0 Å². The lowest BCUT2D eigenvalue weighted by molar-refractivity contribution is 0.0684. The van der Waals surface area contributed by atoms with Gasteiger partial charge in [-0.1, -0.05) is 36.4 Å². The number of aryl methyl sites for hydroxylation is 1. The minimum atomic E-state index is 0.0737. The van der Waals surface area contributed by atoms with Gasteiger partial charge in [-0.15, -0.1) is 5.10 Å². The maximum Gasteiger partial charge on any atom is 0.268 e. The number of likely N-dealkylation sites (tertiary alicyclic amines) is 1. The van der Waals surface area contributed by atoms with Crippen molar-refractivity contribution in [2.45, 2.75) is 45.1 Å². The van der Waals surface area contributed by atoms with Crippen LogP contribution < -0.4 is 4.74 Å². The fraction of sp³-hybridized carbons (Fsp3) is 0.500. The molecule has 0 aliphatic carbocycles. The predicted molar refractivity (Wildman–Crippen MR) is 94.5 cm³/mol. The summed E-state index contributed by atoms with van der Waals surface area (Å²) in [6.45, 7) is 2.80. The average molecular weight is 345 g/mol. The highest BCUT2D eigenvalue weighted by Gasteiger charge is 2.30. The molecule has 1 aliphatic rings. The number of ether oxygens (including phenoxy) is 1. The molecule has 1 atom stereocenters. The van der Waals surface area contributed by atoms with Crippen molar-refractivity contribution in [3.8, 4) is 5.75 Å². The van der Waals surface area contributed by atoms with Gasteiger partial charge in [-0.2, -0.15) is 0 Å². The SMILES string of the molecule is CCc1nnsc1C(=O)N1CCCCCC1c1ccc(OC)cc1. The summed E-state index contributed by atoms with van der Waals surface area (Å²) < 4.78 is 9.23. The second-order valence-corrected chi connectivity index (χ2v) is 6.79. The average Bonchev–Trinajstić information content (AvgIpc) is 2.97. The molecular formula is C18H23N3O2S. The standard InChI is InChI=1S/C18H23N3O2S/c1-3-15-17(24-20-19-15)18(22)21-12-6-4-5-7-16(21)13-8-10-14(23-2)11-9-13/h8-11,16H,3-7,12H2,1-2H3. The van der Waals surface area contributed by atoms with Crippen molar-refractivity contribution in [2.24, 2.45) is 0 Å². The number of carbonyl (C=O) groups excluding carboxylic acids is 1. The third-order valence-corrected chi connectivity index (χ3v) is 5.36. The number of benzene rings is 1. The van der Waals surface area contributed by atoms with Crippen LogP contribution in [0.15, 0.2) is 24.3 Å². The highest BCUT2D eigenvalue weighted by atomic mass is 32.1. The van der Waals surface area contributed by atoms with Crippen LogP contribution in [0.5, 0.6) is 5.75 Å². The Morgan fingerprint density at radius 3 is 2.79 bits per heavy atom. The zero-order valence-electron chi connectivity index (χ0n) is 14.2. The number of amides is 1. The Bertz CT molecular complexity index is 684. The van der Waals surface area contributed by atoms with E-state index in [4.69, 9.17) is 4.74 Å². The van der Waals surface area contributed by atoms with Crippen LogP contribution in [0.2, 0.25) is 0 Å². The molecule has 0 radical (unpaired) electrons. The molecule has 1 aliphatic heterocycles. The van der Waals surface area contributed by atoms with Gasteiger partial charge in [-0.25, -0.2) is 0 Å². The highest BCUT2D eigenvalue weighted by molar-refractivity contribution is 7.08. The number of hydrogen-bond acceptors (Lipinski definition) is 5. The highest BCUT2D eigenvalue weighted by Crippen LogP contribution is 2.33. The van der Waals surface area contributed by atoms with E-state index in [0.29, 0.717) is 4.88 Å². The first kappa shape index (κ1) is 16.9. The molecule has 128 valence electrons. The summed E-state index contributed by atoms with van der Waals surface area (Å²) in [5.41, 5.74) is 1.98. The third kappa shape index (κ3) is 3.43. The lowest BCUT2D eigenvalue weighted by atomic mass is 10.0. The summed E-state index contributed by atoms with van der Waals surface area (Å²) in [5.74, 6) is 0.912. The first-order valence-corrected chi connectivity index (χ1v) is 9.28. The van der Waals surface area contributed by atoms with E-state index in [1.807, 2.05) is 24.0 Å². The molecule has 0 spiro atoms. The van der Waals surface area contributed by atoms with Crippen LogP contribution in [-0.2, 0) is 6.42 Å². The Morgan fingerprint density at radius 2 is 2.08 bits per heavy atom. The van der Waals surface area contributed by atoms with Crippen LogP contribution >= 0.6 is 11.5 Å². The Hall–Kier alpha value is -1.95. The van der Waals surface area contributed by atoms with Gasteiger partial charge in [0, 0.05) is 6.54 Å². The van der Waals surface area contributed by atoms with Gasteiger partial charge in [0.1, 0.15) is 10.6 Å². The molecule has 1 unspecified atom stereocenters. The maximum absolute atomic E-state index is 13.1. The second kappa shape index (κ2) is 7.75. The van der Waals surface area contributed by atoms with Crippen molar-refractivity contribution < 1.29 is 9.53 Å². The monoisotopic (exact) mass is 345 g/mol. The largest absolute Gasteiger partial charge is 0.497 e. The van der Waals surface area contributed by atoms with Crippen molar-refractivity contribution >= 4 is 17.4 Å². The minimum Gasteiger partial charge on any atom is -0.497 e. The van der Waals surface area contributed by atoms with Gasteiger partial charge in [0.25, 0.3) is 5.91 Å². The number of nitrogens with zero attached hydrogens (tertiary/aromatic N) is 3. The molecule has 0 N–H and O–H groups in total. The van der Waals surface area contributed by atoms with E-state index in [1.165, 1.54) is 17.1 Å². The predicted octanol–water partition coefficient (Wildman–Crippen LogP) is 3.87. The molecule has 2 heterocycles. The minimum absolute atomic E-state index is 0.0737. The van der Waals surface area contributed by atoms with Crippen LogP contribution in [0, 0.1) is 0 Å². The normalized spacial score (nSPS) is 18.2. The number of carbonyl (C=O) groups is 1. The van der Waals surface area contributed by atoms with Gasteiger partial charge in [-0.3, -0.25) is 4.79 Å². The van der Waals surface area contributed by atoms with E-state index >= 15 is 0 Å². The van der Waals surface area contributed by atoms with Crippen molar-refractivity contribution in [2.75, 3.05) is 13.7 Å². The van der Waals surface area contributed by atoms with Crippen molar-refractivity contribution in [3.05, 3.63) is 40.4 Å². The number of rotatable bonds is 4. The fourth-order valence-electron chi connectivity index (χ4n) is 3.26. The van der Waals surface area contributed by atoms with E-state index in [-0.39, 0.29) is 11.9 Å². The smallest absolute Gasteiger partial charge is 0.268 e. The molecule has 1 amide bonds. The fourth-order valence-corrected chi connectivity index (χ4v) is 3.96. The number of hydrogen-bond donors (Lipinski definition) is 0. The van der Waals surface area contributed by atoms with Gasteiger partial charge >= 0.3 is 0 Å². The molecule has 1 saturated heterocycles. The first-order valence-electron chi connectivity index (χ1n) is 8.50. The van der Waals surface area contributed by atoms with E-state index < -0.39 is 0 Å². The summed E-state index contributed by atoms with van der Waals surface area (Å²) in [7, 11) is 1.67. The van der Waals surface area contributed by atoms with E-state index in [1.54, 1.807) is 7.11 Å². The zero-order chi connectivity index (χ0) is 16.9. The van der Waals surface area contributed by atoms with Crippen molar-refractivity contribution in [1.82, 2.24) is 14.5 Å². The summed E-state index contributed by atoms with van der Waals surface area (Å²) >= 11 is 1.21. The molecule has 24 heavy (non-hydrogen) atoms. The van der Waals surface area contributed by atoms with Gasteiger partial charge in [0.15, 0.2) is 0 Å². The molecular weight excluding hydrogens is 322 g/mol. The topological polar surface area (TPSA) is 55.3 Å². The molecule has 1 fully saturated rings. The van der Waals surface area contributed by atoms with Crippen molar-refractivity contribution in [3.63, 3.8) is 0 Å². The number of methoxy groups -OCH3 is 1. The Labute approximate surface area is 146 Å². The molecule has 6 heteroatoms. The summed E-state index contributed by atoms with van der Waals surface area (Å²) in [6.07, 6.45) is 5.08. The zero-order valence-corrected chi connectivity index (χ0v) is 15.0. The molecule has 1 aromatic carbocycles. The molecule has 0 bridgehead atoms. The van der Waals surface area contributed by atoms with Gasteiger partial charge in [0.2, 0.25) is 0 Å². The Balaban J connectivity index is 1.90. The quantitative estimate of drug-likeness (QED) is 0.844. The molecule has 1 aromatic heterocycles. The Morgan fingerprint density at radius 1 is 1.29 bits per heavy atom. The third-order valence-electron chi connectivity index (χ3n) is 4.60. The van der Waals surface area contributed by atoms with Crippen LogP contribution in [0.3, 0.4) is 0 Å². The van der Waals surface area contributed by atoms with Crippen LogP contribution in [0.4, 0.5) is 0 Å². The second-order valence-electron chi connectivity index (χ2n) is 6.04. The van der Waals surface area contributed by atoms with E-state index in [2.05, 4.69) is 21.7 Å².